The van der Waals surface area contributed by atoms with Gasteiger partial charge in [0.15, 0.2) is 0 Å². The molecule has 0 heterocycles. The molecule has 0 saturated carbocycles. The number of rotatable bonds is 11. The molecule has 0 spiro atoms. The van der Waals surface area contributed by atoms with E-state index in [9.17, 15) is 4.79 Å². The molecule has 0 aliphatic rings. The Morgan fingerprint density at radius 1 is 1.35 bits per heavy atom. The molecule has 1 aromatic carbocycles. The predicted molar refractivity (Wildman–Crippen MR) is 92.3 cm³/mol. The van der Waals surface area contributed by atoms with Crippen LogP contribution in [0.1, 0.15) is 61.8 Å². The highest BCUT2D eigenvalue weighted by atomic mass is 16.7. The lowest BCUT2D eigenvalue weighted by molar-refractivity contribution is -0.135. The topological polar surface area (TPSA) is 55.8 Å². The van der Waals surface area contributed by atoms with Crippen molar-refractivity contribution in [2.75, 3.05) is 13.9 Å². The number of methoxy groups -OCH3 is 1. The van der Waals surface area contributed by atoms with Crippen LogP contribution in [0.2, 0.25) is 0 Å². The van der Waals surface area contributed by atoms with E-state index in [1.54, 1.807) is 13.2 Å². The average molecular weight is 320 g/mol. The molecule has 0 fully saturated rings. The van der Waals surface area contributed by atoms with Crippen LogP contribution in [0.5, 0.6) is 0 Å². The first-order chi connectivity index (χ1) is 11.1. The van der Waals surface area contributed by atoms with E-state index in [1.165, 1.54) is 6.42 Å². The van der Waals surface area contributed by atoms with Crippen molar-refractivity contribution in [2.45, 2.75) is 52.1 Å². The van der Waals surface area contributed by atoms with Crippen molar-refractivity contribution in [1.82, 2.24) is 0 Å². The summed E-state index contributed by atoms with van der Waals surface area (Å²) in [5, 5.41) is 8.78. The van der Waals surface area contributed by atoms with Crippen molar-refractivity contribution >= 4 is 12.0 Å². The molecule has 0 aliphatic heterocycles. The molecule has 0 saturated heterocycles. The molecule has 0 aliphatic carbocycles. The summed E-state index contributed by atoms with van der Waals surface area (Å²) in [7, 11) is 1.62. The molecule has 1 N–H and O–H groups in total. The summed E-state index contributed by atoms with van der Waals surface area (Å²) in [5.41, 5.74) is 3.27. The van der Waals surface area contributed by atoms with Gasteiger partial charge in [0.1, 0.15) is 6.79 Å². The third-order valence-corrected chi connectivity index (χ3v) is 3.64. The van der Waals surface area contributed by atoms with Crippen molar-refractivity contribution in [3.8, 4) is 0 Å². The van der Waals surface area contributed by atoms with Crippen LogP contribution in [-0.4, -0.2) is 25.0 Å². The van der Waals surface area contributed by atoms with Gasteiger partial charge in [-0.3, -0.25) is 4.79 Å². The zero-order valence-corrected chi connectivity index (χ0v) is 14.4. The monoisotopic (exact) mass is 320 g/mol. The fraction of sp³-hybridized carbons (Fsp3) is 0.526. The lowest BCUT2D eigenvalue weighted by Gasteiger charge is -2.20. The Bertz CT molecular complexity index is 508. The number of benzene rings is 1. The summed E-state index contributed by atoms with van der Waals surface area (Å²) in [6.07, 6.45) is 7.89. The van der Waals surface area contributed by atoms with Crippen LogP contribution < -0.4 is 0 Å². The first kappa shape index (κ1) is 19.4. The van der Waals surface area contributed by atoms with Crippen molar-refractivity contribution in [3.05, 3.63) is 41.0 Å². The van der Waals surface area contributed by atoms with E-state index in [0.717, 1.165) is 36.0 Å². The zero-order chi connectivity index (χ0) is 17.1. The number of carboxylic acid groups (broad SMARTS) is 1. The molecule has 4 heteroatoms. The number of carboxylic acids is 1. The highest BCUT2D eigenvalue weighted by Crippen LogP contribution is 2.29. The van der Waals surface area contributed by atoms with Gasteiger partial charge in [0.25, 0.3) is 0 Å². The number of unbranched alkanes of at least 4 members (excludes halogenated alkanes) is 2. The highest BCUT2D eigenvalue weighted by Gasteiger charge is 2.15. The minimum Gasteiger partial charge on any atom is -0.481 e. The average Bonchev–Trinajstić information content (AvgIpc) is 2.52. The molecule has 1 aromatic rings. The molecule has 0 aromatic heterocycles. The fourth-order valence-electron chi connectivity index (χ4n) is 2.47. The van der Waals surface area contributed by atoms with Crippen LogP contribution in [0, 0.1) is 6.92 Å². The van der Waals surface area contributed by atoms with Crippen LogP contribution in [-0.2, 0) is 14.3 Å². The number of ether oxygens (including phenoxy) is 2. The molecule has 0 radical (unpaired) electrons. The summed E-state index contributed by atoms with van der Waals surface area (Å²) < 4.78 is 10.9. The molecule has 1 rings (SSSR count). The highest BCUT2D eigenvalue weighted by molar-refractivity contribution is 5.70. The van der Waals surface area contributed by atoms with Gasteiger partial charge in [0, 0.05) is 7.11 Å². The zero-order valence-electron chi connectivity index (χ0n) is 14.4. The maximum absolute atomic E-state index is 10.7. The first-order valence-electron chi connectivity index (χ1n) is 8.17. The van der Waals surface area contributed by atoms with E-state index in [2.05, 4.69) is 13.0 Å². The van der Waals surface area contributed by atoms with Crippen molar-refractivity contribution < 1.29 is 19.4 Å². The molecule has 4 nitrogen and oxygen atoms in total. The Morgan fingerprint density at radius 2 is 2.13 bits per heavy atom. The number of carbonyl (C=O) groups is 1. The van der Waals surface area contributed by atoms with E-state index >= 15 is 0 Å². The van der Waals surface area contributed by atoms with E-state index in [4.69, 9.17) is 14.6 Å². The molecule has 0 unspecified atom stereocenters. The molecule has 1 atom stereocenters. The number of aryl methyl sites for hydroxylation is 1. The van der Waals surface area contributed by atoms with Gasteiger partial charge in [-0.05, 0) is 24.5 Å². The Kier molecular flexibility index (Phi) is 9.25. The quantitative estimate of drug-likeness (QED) is 0.473. The van der Waals surface area contributed by atoms with Gasteiger partial charge in [-0.2, -0.15) is 0 Å². The Hall–Kier alpha value is -1.65. The summed E-state index contributed by atoms with van der Waals surface area (Å²) in [6.45, 7) is 4.48. The van der Waals surface area contributed by atoms with E-state index in [0.29, 0.717) is 0 Å². The Labute approximate surface area is 139 Å². The Balaban J connectivity index is 2.98. The van der Waals surface area contributed by atoms with Gasteiger partial charge in [-0.25, -0.2) is 0 Å². The SMILES string of the molecule is CCCCC[C@H](OCOC)c1cc(C)ccc1/C=C/CC(=O)O. The standard InChI is InChI=1S/C19H28O4/c1-4-5-6-9-18(23-14-22-3)17-13-15(2)11-12-16(17)8-7-10-19(20)21/h7-8,11-13,18H,4-6,9-10,14H2,1-3H3,(H,20,21)/b8-7+/t18-/m0/s1. The summed E-state index contributed by atoms with van der Waals surface area (Å²) in [6, 6.07) is 6.17. The minimum atomic E-state index is -0.829. The molecular formula is C19H28O4. The van der Waals surface area contributed by atoms with E-state index < -0.39 is 5.97 Å². The molecule has 0 amide bonds. The second-order valence-electron chi connectivity index (χ2n) is 5.69. The van der Waals surface area contributed by atoms with Crippen molar-refractivity contribution in [1.29, 1.82) is 0 Å². The van der Waals surface area contributed by atoms with Gasteiger partial charge in [-0.15, -0.1) is 0 Å². The van der Waals surface area contributed by atoms with Crippen LogP contribution in [0.3, 0.4) is 0 Å². The summed E-state index contributed by atoms with van der Waals surface area (Å²) in [5.74, 6) is -0.829. The van der Waals surface area contributed by atoms with E-state index in [1.807, 2.05) is 25.1 Å². The molecular weight excluding hydrogens is 292 g/mol. The molecule has 23 heavy (non-hydrogen) atoms. The van der Waals surface area contributed by atoms with Gasteiger partial charge >= 0.3 is 5.97 Å². The molecule has 0 bridgehead atoms. The van der Waals surface area contributed by atoms with E-state index in [-0.39, 0.29) is 19.3 Å². The summed E-state index contributed by atoms with van der Waals surface area (Å²) >= 11 is 0. The maximum Gasteiger partial charge on any atom is 0.307 e. The minimum absolute atomic E-state index is 0.0206. The first-order valence-corrected chi connectivity index (χ1v) is 8.17. The van der Waals surface area contributed by atoms with Crippen molar-refractivity contribution in [3.63, 3.8) is 0 Å². The van der Waals surface area contributed by atoms with Crippen LogP contribution >= 0.6 is 0 Å². The van der Waals surface area contributed by atoms with Gasteiger partial charge in [-0.1, -0.05) is 62.1 Å². The third kappa shape index (κ3) is 7.44. The van der Waals surface area contributed by atoms with Gasteiger partial charge < -0.3 is 14.6 Å². The normalized spacial score (nSPS) is 12.7. The van der Waals surface area contributed by atoms with Crippen LogP contribution in [0.15, 0.2) is 24.3 Å². The van der Waals surface area contributed by atoms with Crippen molar-refractivity contribution in [2.24, 2.45) is 0 Å². The predicted octanol–water partition coefficient (Wildman–Crippen LogP) is 4.72. The summed E-state index contributed by atoms with van der Waals surface area (Å²) in [4.78, 5) is 10.7. The maximum atomic E-state index is 10.7. The fourth-order valence-corrected chi connectivity index (χ4v) is 2.47. The molecule has 128 valence electrons. The Morgan fingerprint density at radius 3 is 2.78 bits per heavy atom. The van der Waals surface area contributed by atoms with Crippen LogP contribution in [0.25, 0.3) is 6.08 Å². The number of hydrogen-bond donors (Lipinski definition) is 1. The third-order valence-electron chi connectivity index (χ3n) is 3.64. The largest absolute Gasteiger partial charge is 0.481 e. The van der Waals surface area contributed by atoms with Crippen LogP contribution in [0.4, 0.5) is 0 Å². The number of hydrogen-bond acceptors (Lipinski definition) is 3. The number of aliphatic carboxylic acids is 1. The smallest absolute Gasteiger partial charge is 0.307 e. The second kappa shape index (κ2) is 11.0. The van der Waals surface area contributed by atoms with Gasteiger partial charge in [0.2, 0.25) is 0 Å². The second-order valence-corrected chi connectivity index (χ2v) is 5.69. The lowest BCUT2D eigenvalue weighted by Crippen LogP contribution is -2.09. The lowest BCUT2D eigenvalue weighted by atomic mass is 9.95. The van der Waals surface area contributed by atoms with Gasteiger partial charge in [0.05, 0.1) is 12.5 Å².